The molecule has 6 heteroatoms. The molecule has 0 spiro atoms. The lowest BCUT2D eigenvalue weighted by Gasteiger charge is -1.79. The maximum Gasteiger partial charge on any atom is 0.172 e. The summed E-state index contributed by atoms with van der Waals surface area (Å²) in [5.41, 5.74) is 1.05. The molecule has 12 heavy (non-hydrogen) atoms. The van der Waals surface area contributed by atoms with E-state index in [0.29, 0.717) is 5.82 Å². The zero-order chi connectivity index (χ0) is 8.23. The van der Waals surface area contributed by atoms with E-state index < -0.39 is 0 Å². The van der Waals surface area contributed by atoms with Crippen LogP contribution in [0.15, 0.2) is 11.6 Å². The summed E-state index contributed by atoms with van der Waals surface area (Å²) in [5.74, 6) is 0.640. The van der Waals surface area contributed by atoms with Gasteiger partial charge in [0.1, 0.15) is 0 Å². The van der Waals surface area contributed by atoms with Crippen molar-refractivity contribution in [3.8, 4) is 0 Å². The normalized spacial score (nSPS) is 11.0. The minimum atomic E-state index is 0.640. The van der Waals surface area contributed by atoms with E-state index in [4.69, 9.17) is 0 Å². The lowest BCUT2D eigenvalue weighted by atomic mass is 10.3. The fourth-order valence-corrected chi connectivity index (χ4v) is 1.21. The van der Waals surface area contributed by atoms with Crippen molar-refractivity contribution in [1.29, 1.82) is 0 Å². The number of aromatic amines is 1. The molecule has 0 atom stereocenters. The first-order valence-corrected chi connectivity index (χ1v) is 4.10. The third kappa shape index (κ3) is 1.54. The molecule has 2 heterocycles. The Morgan fingerprint density at radius 3 is 3.08 bits per heavy atom. The van der Waals surface area contributed by atoms with Crippen molar-refractivity contribution < 1.29 is 0 Å². The van der Waals surface area contributed by atoms with Crippen molar-refractivity contribution in [2.24, 2.45) is 0 Å². The summed E-state index contributed by atoms with van der Waals surface area (Å²) in [7, 11) is 0. The van der Waals surface area contributed by atoms with Crippen LogP contribution >= 0.6 is 11.5 Å². The highest BCUT2D eigenvalue weighted by Crippen LogP contribution is 2.05. The number of hydrogen-bond acceptors (Lipinski definition) is 5. The van der Waals surface area contributed by atoms with Crippen LogP contribution in [-0.2, 0) is 0 Å². The van der Waals surface area contributed by atoms with Crippen LogP contribution in [0.25, 0.3) is 12.2 Å². The van der Waals surface area contributed by atoms with Gasteiger partial charge in [-0.3, -0.25) is 0 Å². The SMILES string of the molecule is C(=C\c1nnn[nH]1)/c1cnsc1. The largest absolute Gasteiger partial charge is 0.239 e. The molecule has 0 unspecified atom stereocenters. The zero-order valence-corrected chi connectivity index (χ0v) is 6.82. The molecule has 5 nitrogen and oxygen atoms in total. The third-order valence-corrected chi connectivity index (χ3v) is 1.85. The molecule has 0 bridgehead atoms. The molecule has 0 radical (unpaired) electrons. The van der Waals surface area contributed by atoms with Gasteiger partial charge in [-0.05, 0) is 34.1 Å². The fourth-order valence-electron chi connectivity index (χ4n) is 0.708. The van der Waals surface area contributed by atoms with E-state index in [1.807, 2.05) is 11.5 Å². The first-order valence-electron chi connectivity index (χ1n) is 3.26. The topological polar surface area (TPSA) is 67.3 Å². The Hall–Kier alpha value is -1.56. The average Bonchev–Trinajstić information content (AvgIpc) is 2.74. The van der Waals surface area contributed by atoms with E-state index in [1.54, 1.807) is 12.3 Å². The van der Waals surface area contributed by atoms with Crippen LogP contribution in [0.2, 0.25) is 0 Å². The molecule has 1 N–H and O–H groups in total. The van der Waals surface area contributed by atoms with Crippen molar-refractivity contribution in [3.05, 3.63) is 23.0 Å². The molecular formula is C6H5N5S. The van der Waals surface area contributed by atoms with Gasteiger partial charge in [0.25, 0.3) is 0 Å². The number of hydrogen-bond donors (Lipinski definition) is 1. The second kappa shape index (κ2) is 3.22. The zero-order valence-electron chi connectivity index (χ0n) is 6.01. The average molecular weight is 179 g/mol. The summed E-state index contributed by atoms with van der Waals surface area (Å²) in [6, 6.07) is 0. The van der Waals surface area contributed by atoms with Gasteiger partial charge in [-0.15, -0.1) is 5.10 Å². The molecule has 2 aromatic heterocycles. The minimum Gasteiger partial charge on any atom is -0.239 e. The van der Waals surface area contributed by atoms with Gasteiger partial charge >= 0.3 is 0 Å². The number of rotatable bonds is 2. The quantitative estimate of drug-likeness (QED) is 0.741. The van der Waals surface area contributed by atoms with Gasteiger partial charge in [-0.2, -0.15) is 0 Å². The van der Waals surface area contributed by atoms with Crippen LogP contribution in [0.4, 0.5) is 0 Å². The summed E-state index contributed by atoms with van der Waals surface area (Å²) in [4.78, 5) is 0. The van der Waals surface area contributed by atoms with Crippen LogP contribution < -0.4 is 0 Å². The Balaban J connectivity index is 2.14. The highest BCUT2D eigenvalue weighted by molar-refractivity contribution is 7.03. The summed E-state index contributed by atoms with van der Waals surface area (Å²) in [6.45, 7) is 0. The Morgan fingerprint density at radius 1 is 1.42 bits per heavy atom. The fraction of sp³-hybridized carbons (Fsp3) is 0. The Labute approximate surface area is 72.3 Å². The van der Waals surface area contributed by atoms with E-state index in [1.165, 1.54) is 11.5 Å². The van der Waals surface area contributed by atoms with Gasteiger partial charge in [0, 0.05) is 17.1 Å². The van der Waals surface area contributed by atoms with Crippen molar-refractivity contribution in [3.63, 3.8) is 0 Å². The van der Waals surface area contributed by atoms with Crippen LogP contribution in [0.3, 0.4) is 0 Å². The predicted molar refractivity (Wildman–Crippen MR) is 45.2 cm³/mol. The van der Waals surface area contributed by atoms with Crippen molar-refractivity contribution in [1.82, 2.24) is 25.0 Å². The second-order valence-corrected chi connectivity index (χ2v) is 2.73. The van der Waals surface area contributed by atoms with Gasteiger partial charge in [0.2, 0.25) is 0 Å². The van der Waals surface area contributed by atoms with E-state index in [-0.39, 0.29) is 0 Å². The molecule has 0 aliphatic rings. The molecule has 2 aromatic rings. The van der Waals surface area contributed by atoms with Gasteiger partial charge in [-0.1, -0.05) is 0 Å². The van der Waals surface area contributed by atoms with Crippen LogP contribution in [-0.4, -0.2) is 25.0 Å². The molecule has 0 fully saturated rings. The Morgan fingerprint density at radius 2 is 2.42 bits per heavy atom. The number of nitrogens with zero attached hydrogens (tertiary/aromatic N) is 4. The molecule has 2 rings (SSSR count). The van der Waals surface area contributed by atoms with Gasteiger partial charge in [-0.25, -0.2) is 9.47 Å². The van der Waals surface area contributed by atoms with E-state index >= 15 is 0 Å². The van der Waals surface area contributed by atoms with Gasteiger partial charge < -0.3 is 0 Å². The lowest BCUT2D eigenvalue weighted by molar-refractivity contribution is 0.881. The summed E-state index contributed by atoms with van der Waals surface area (Å²) < 4.78 is 3.95. The standard InChI is InChI=1S/C6H5N5S/c1(5-3-7-12-4-5)2-6-8-10-11-9-6/h1-4H,(H,8,9,10,11)/b2-1+. The molecule has 0 amide bonds. The van der Waals surface area contributed by atoms with Gasteiger partial charge in [0.05, 0.1) is 0 Å². The molecule has 0 aliphatic heterocycles. The molecule has 60 valence electrons. The number of aromatic nitrogens is 5. The van der Waals surface area contributed by atoms with E-state index in [0.717, 1.165) is 5.56 Å². The van der Waals surface area contributed by atoms with E-state index in [9.17, 15) is 0 Å². The summed E-state index contributed by atoms with van der Waals surface area (Å²) in [5, 5.41) is 15.1. The number of H-pyrrole nitrogens is 1. The first-order chi connectivity index (χ1) is 5.95. The van der Waals surface area contributed by atoms with Crippen molar-refractivity contribution in [2.75, 3.05) is 0 Å². The summed E-state index contributed by atoms with van der Waals surface area (Å²) in [6.07, 6.45) is 5.47. The van der Waals surface area contributed by atoms with E-state index in [2.05, 4.69) is 25.0 Å². The Bertz CT molecular complexity index is 313. The highest BCUT2D eigenvalue weighted by Gasteiger charge is 1.90. The molecular weight excluding hydrogens is 174 g/mol. The Kier molecular flexibility index (Phi) is 1.91. The molecule has 0 saturated carbocycles. The molecule has 0 saturated heterocycles. The van der Waals surface area contributed by atoms with Gasteiger partial charge in [0.15, 0.2) is 5.82 Å². The maximum absolute atomic E-state index is 3.95. The first kappa shape index (κ1) is 7.11. The van der Waals surface area contributed by atoms with Crippen molar-refractivity contribution >= 4 is 23.7 Å². The second-order valence-electron chi connectivity index (χ2n) is 2.08. The molecule has 0 aliphatic carbocycles. The monoisotopic (exact) mass is 179 g/mol. The lowest BCUT2D eigenvalue weighted by Crippen LogP contribution is -1.73. The number of nitrogens with one attached hydrogen (secondary N) is 1. The minimum absolute atomic E-state index is 0.640. The van der Waals surface area contributed by atoms with Crippen LogP contribution in [0, 0.1) is 0 Å². The van der Waals surface area contributed by atoms with Crippen LogP contribution in [0.1, 0.15) is 11.4 Å². The maximum atomic E-state index is 3.95. The van der Waals surface area contributed by atoms with Crippen molar-refractivity contribution in [2.45, 2.75) is 0 Å². The smallest absolute Gasteiger partial charge is 0.172 e. The highest BCUT2D eigenvalue weighted by atomic mass is 32.1. The van der Waals surface area contributed by atoms with Crippen LogP contribution in [0.5, 0.6) is 0 Å². The molecule has 0 aromatic carbocycles. The number of tetrazole rings is 1. The summed E-state index contributed by atoms with van der Waals surface area (Å²) >= 11 is 1.41. The predicted octanol–water partition coefficient (Wildman–Crippen LogP) is 0.827. The third-order valence-electron chi connectivity index (χ3n) is 1.25.